The predicted molar refractivity (Wildman–Crippen MR) is 79.2 cm³/mol. The molecular weight excluding hydrogens is 319 g/mol. The first-order valence-electron chi connectivity index (χ1n) is 6.50. The van der Waals surface area contributed by atoms with Gasteiger partial charge in [-0.2, -0.15) is 0 Å². The first kappa shape index (κ1) is 17.9. The molecule has 1 aromatic carbocycles. The van der Waals surface area contributed by atoms with Gasteiger partial charge in [-0.05, 0) is 18.1 Å². The SMILES string of the molecule is CCC(CC)CNC(=O)c1cc(S(N)(=O)=O)c(F)cc1Cl. The molecule has 21 heavy (non-hydrogen) atoms. The van der Waals surface area contributed by atoms with E-state index in [1.807, 2.05) is 13.8 Å². The van der Waals surface area contributed by atoms with Crippen LogP contribution in [0, 0.1) is 11.7 Å². The Balaban J connectivity index is 3.05. The number of carbonyl (C=O) groups is 1. The highest BCUT2D eigenvalue weighted by Gasteiger charge is 2.21. The molecule has 0 aromatic heterocycles. The van der Waals surface area contributed by atoms with Crippen molar-refractivity contribution in [2.24, 2.45) is 11.1 Å². The molecule has 1 aromatic rings. The van der Waals surface area contributed by atoms with Crippen LogP contribution in [0.2, 0.25) is 5.02 Å². The van der Waals surface area contributed by atoms with E-state index in [2.05, 4.69) is 5.32 Å². The van der Waals surface area contributed by atoms with Gasteiger partial charge < -0.3 is 5.32 Å². The van der Waals surface area contributed by atoms with Gasteiger partial charge in [-0.1, -0.05) is 38.3 Å². The maximum absolute atomic E-state index is 13.5. The largest absolute Gasteiger partial charge is 0.352 e. The van der Waals surface area contributed by atoms with Gasteiger partial charge in [0.1, 0.15) is 10.7 Å². The van der Waals surface area contributed by atoms with E-state index < -0.39 is 26.6 Å². The molecule has 8 heteroatoms. The van der Waals surface area contributed by atoms with Crippen molar-refractivity contribution in [3.05, 3.63) is 28.5 Å². The van der Waals surface area contributed by atoms with E-state index in [1.165, 1.54) is 0 Å². The highest BCUT2D eigenvalue weighted by atomic mass is 35.5. The molecule has 0 heterocycles. The zero-order chi connectivity index (χ0) is 16.2. The van der Waals surface area contributed by atoms with E-state index in [-0.39, 0.29) is 10.6 Å². The maximum atomic E-state index is 13.5. The Labute approximate surface area is 128 Å². The Morgan fingerprint density at radius 1 is 1.38 bits per heavy atom. The lowest BCUT2D eigenvalue weighted by Gasteiger charge is -2.14. The van der Waals surface area contributed by atoms with Gasteiger partial charge in [0.25, 0.3) is 5.91 Å². The van der Waals surface area contributed by atoms with E-state index in [0.717, 1.165) is 25.0 Å². The second-order valence-electron chi connectivity index (χ2n) is 4.70. The third-order valence-electron chi connectivity index (χ3n) is 3.28. The number of rotatable bonds is 6. The Morgan fingerprint density at radius 3 is 2.43 bits per heavy atom. The number of amides is 1. The summed E-state index contributed by atoms with van der Waals surface area (Å²) in [6.45, 7) is 4.44. The lowest BCUT2D eigenvalue weighted by molar-refractivity contribution is 0.0946. The van der Waals surface area contributed by atoms with Crippen LogP contribution in [-0.4, -0.2) is 20.9 Å². The van der Waals surface area contributed by atoms with Crippen molar-refractivity contribution in [3.8, 4) is 0 Å². The maximum Gasteiger partial charge on any atom is 0.252 e. The number of nitrogens with two attached hydrogens (primary N) is 1. The van der Waals surface area contributed by atoms with Crippen LogP contribution in [0.5, 0.6) is 0 Å². The lowest BCUT2D eigenvalue weighted by Crippen LogP contribution is -2.29. The van der Waals surface area contributed by atoms with E-state index in [9.17, 15) is 17.6 Å². The van der Waals surface area contributed by atoms with Crippen molar-refractivity contribution >= 4 is 27.5 Å². The molecule has 0 radical (unpaired) electrons. The second kappa shape index (κ2) is 7.20. The molecule has 0 bridgehead atoms. The van der Waals surface area contributed by atoms with Crippen LogP contribution in [0.4, 0.5) is 4.39 Å². The number of nitrogens with one attached hydrogen (secondary N) is 1. The molecule has 0 atom stereocenters. The minimum absolute atomic E-state index is 0.118. The van der Waals surface area contributed by atoms with Crippen LogP contribution in [0.25, 0.3) is 0 Å². The number of carbonyl (C=O) groups excluding carboxylic acids is 1. The van der Waals surface area contributed by atoms with E-state index in [0.29, 0.717) is 12.5 Å². The predicted octanol–water partition coefficient (Wildman–Crippen LogP) is 2.29. The minimum atomic E-state index is -4.26. The highest BCUT2D eigenvalue weighted by molar-refractivity contribution is 7.89. The van der Waals surface area contributed by atoms with Gasteiger partial charge in [0.05, 0.1) is 10.6 Å². The lowest BCUT2D eigenvalue weighted by atomic mass is 10.0. The van der Waals surface area contributed by atoms with Crippen LogP contribution >= 0.6 is 11.6 Å². The van der Waals surface area contributed by atoms with E-state index in [1.54, 1.807) is 0 Å². The number of benzene rings is 1. The van der Waals surface area contributed by atoms with Crippen molar-refractivity contribution in [1.82, 2.24) is 5.32 Å². The smallest absolute Gasteiger partial charge is 0.252 e. The highest BCUT2D eigenvalue weighted by Crippen LogP contribution is 2.23. The number of sulfonamides is 1. The summed E-state index contributed by atoms with van der Waals surface area (Å²) in [6, 6.07) is 1.63. The van der Waals surface area contributed by atoms with Gasteiger partial charge >= 0.3 is 0 Å². The van der Waals surface area contributed by atoms with Crippen LogP contribution in [0.1, 0.15) is 37.0 Å². The van der Waals surface area contributed by atoms with Gasteiger partial charge in [-0.25, -0.2) is 17.9 Å². The van der Waals surface area contributed by atoms with Crippen LogP contribution in [0.3, 0.4) is 0 Å². The van der Waals surface area contributed by atoms with Crippen molar-refractivity contribution in [1.29, 1.82) is 0 Å². The van der Waals surface area contributed by atoms with Crippen LogP contribution in [-0.2, 0) is 10.0 Å². The van der Waals surface area contributed by atoms with Crippen molar-refractivity contribution < 1.29 is 17.6 Å². The fourth-order valence-electron chi connectivity index (χ4n) is 1.83. The van der Waals surface area contributed by atoms with Gasteiger partial charge in [-0.15, -0.1) is 0 Å². The zero-order valence-electron chi connectivity index (χ0n) is 11.8. The van der Waals surface area contributed by atoms with Crippen LogP contribution < -0.4 is 10.5 Å². The Kier molecular flexibility index (Phi) is 6.12. The summed E-state index contributed by atoms with van der Waals surface area (Å²) < 4.78 is 36.1. The molecule has 118 valence electrons. The summed E-state index contributed by atoms with van der Waals surface area (Å²) >= 11 is 5.79. The summed E-state index contributed by atoms with van der Waals surface area (Å²) in [6.07, 6.45) is 1.80. The molecule has 0 fully saturated rings. The molecule has 0 saturated heterocycles. The van der Waals surface area contributed by atoms with Gasteiger partial charge in [0.15, 0.2) is 0 Å². The second-order valence-corrected chi connectivity index (χ2v) is 6.64. The molecule has 0 spiro atoms. The third kappa shape index (κ3) is 4.66. The molecule has 0 aliphatic rings. The Bertz CT molecular complexity index is 631. The molecule has 1 rings (SSSR count). The molecule has 0 saturated carbocycles. The van der Waals surface area contributed by atoms with Crippen molar-refractivity contribution in [2.45, 2.75) is 31.6 Å². The quantitative estimate of drug-likeness (QED) is 0.835. The summed E-state index contributed by atoms with van der Waals surface area (Å²) in [5.41, 5.74) is -0.118. The topological polar surface area (TPSA) is 89.3 Å². The average molecular weight is 337 g/mol. The standard InChI is InChI=1S/C13H18ClFN2O3S/c1-3-8(4-2)7-17-13(18)9-5-12(21(16,19)20)11(15)6-10(9)14/h5-6,8H,3-4,7H2,1-2H3,(H,17,18)(H2,16,19,20). The van der Waals surface area contributed by atoms with E-state index >= 15 is 0 Å². The number of hydrogen-bond donors (Lipinski definition) is 2. The zero-order valence-corrected chi connectivity index (χ0v) is 13.4. The summed E-state index contributed by atoms with van der Waals surface area (Å²) in [5.74, 6) is -1.33. The average Bonchev–Trinajstić information content (AvgIpc) is 2.38. The number of hydrogen-bond acceptors (Lipinski definition) is 3. The fraction of sp³-hybridized carbons (Fsp3) is 0.462. The molecule has 0 unspecified atom stereocenters. The van der Waals surface area contributed by atoms with Gasteiger partial charge in [0, 0.05) is 6.54 Å². The Morgan fingerprint density at radius 2 is 1.95 bits per heavy atom. The third-order valence-corrected chi connectivity index (χ3v) is 4.52. The molecule has 1 amide bonds. The molecule has 3 N–H and O–H groups in total. The van der Waals surface area contributed by atoms with Gasteiger partial charge in [0.2, 0.25) is 10.0 Å². The van der Waals surface area contributed by atoms with E-state index in [4.69, 9.17) is 16.7 Å². The summed E-state index contributed by atoms with van der Waals surface area (Å²) in [4.78, 5) is 11.3. The minimum Gasteiger partial charge on any atom is -0.352 e. The fourth-order valence-corrected chi connectivity index (χ4v) is 2.68. The first-order valence-corrected chi connectivity index (χ1v) is 8.43. The van der Waals surface area contributed by atoms with Gasteiger partial charge in [-0.3, -0.25) is 4.79 Å². The molecule has 5 nitrogen and oxygen atoms in total. The summed E-state index contributed by atoms with van der Waals surface area (Å²) in [7, 11) is -4.26. The molecular formula is C13H18ClFN2O3S. The number of halogens is 2. The monoisotopic (exact) mass is 336 g/mol. The number of primary sulfonamides is 1. The first-order chi connectivity index (χ1) is 9.70. The van der Waals surface area contributed by atoms with Crippen molar-refractivity contribution in [3.63, 3.8) is 0 Å². The van der Waals surface area contributed by atoms with Crippen molar-refractivity contribution in [2.75, 3.05) is 6.54 Å². The molecule has 0 aliphatic heterocycles. The van der Waals surface area contributed by atoms with Crippen LogP contribution in [0.15, 0.2) is 17.0 Å². The molecule has 0 aliphatic carbocycles. The Hall–Kier alpha value is -1.18. The normalized spacial score (nSPS) is 11.7. The summed E-state index contributed by atoms with van der Waals surface area (Å²) in [5, 5.41) is 7.39.